The molecule has 0 amide bonds. The molecular weight excluding hydrogens is 488 g/mol. The highest BCUT2D eigenvalue weighted by molar-refractivity contribution is 7.89. The fourth-order valence-electron chi connectivity index (χ4n) is 3.60. The van der Waals surface area contributed by atoms with Gasteiger partial charge in [-0.05, 0) is 47.5 Å². The van der Waals surface area contributed by atoms with Crippen LogP contribution in [0.4, 0.5) is 4.39 Å². The molecular formula is C23H20Cl2FN3O3S. The van der Waals surface area contributed by atoms with Gasteiger partial charge in [0.05, 0.1) is 24.9 Å². The molecule has 0 spiro atoms. The van der Waals surface area contributed by atoms with Crippen LogP contribution in [-0.2, 0) is 10.0 Å². The molecule has 0 saturated carbocycles. The van der Waals surface area contributed by atoms with Crippen LogP contribution in [0, 0.1) is 5.82 Å². The minimum Gasteiger partial charge on any atom is -0.497 e. The molecule has 2 N–H and O–H groups in total. The van der Waals surface area contributed by atoms with E-state index in [0.717, 1.165) is 17.4 Å². The number of hydrazone groups is 1. The number of nitrogens with zero attached hydrogens (tertiary/aromatic N) is 1. The molecule has 1 heterocycles. The third-order valence-corrected chi connectivity index (χ3v) is 7.32. The highest BCUT2D eigenvalue weighted by Crippen LogP contribution is 2.34. The molecule has 0 aliphatic carbocycles. The van der Waals surface area contributed by atoms with Crippen LogP contribution in [0.5, 0.6) is 5.75 Å². The molecule has 172 valence electrons. The van der Waals surface area contributed by atoms with Gasteiger partial charge in [0.2, 0.25) is 10.0 Å². The number of methoxy groups -OCH3 is 1. The zero-order valence-electron chi connectivity index (χ0n) is 17.4. The average molecular weight is 508 g/mol. The predicted molar refractivity (Wildman–Crippen MR) is 127 cm³/mol. The van der Waals surface area contributed by atoms with E-state index in [9.17, 15) is 12.8 Å². The van der Waals surface area contributed by atoms with Crippen LogP contribution in [0.1, 0.15) is 29.6 Å². The van der Waals surface area contributed by atoms with E-state index in [1.807, 2.05) is 24.3 Å². The van der Waals surface area contributed by atoms with Gasteiger partial charge in [-0.2, -0.15) is 9.82 Å². The smallest absolute Gasteiger partial charge is 0.244 e. The quantitative estimate of drug-likeness (QED) is 0.457. The molecule has 0 bridgehead atoms. The molecule has 33 heavy (non-hydrogen) atoms. The molecule has 6 nitrogen and oxygen atoms in total. The average Bonchev–Trinajstić information content (AvgIpc) is 3.28. The topological polar surface area (TPSA) is 79.8 Å². The number of halogens is 3. The molecule has 0 aromatic heterocycles. The lowest BCUT2D eigenvalue weighted by Crippen LogP contribution is -2.34. The van der Waals surface area contributed by atoms with E-state index in [2.05, 4.69) is 15.2 Å². The van der Waals surface area contributed by atoms with Crippen molar-refractivity contribution in [3.63, 3.8) is 0 Å². The molecule has 2 unspecified atom stereocenters. The summed E-state index contributed by atoms with van der Waals surface area (Å²) in [4.78, 5) is -0.460. The molecule has 0 fully saturated rings. The second kappa shape index (κ2) is 9.69. The largest absolute Gasteiger partial charge is 0.497 e. The van der Waals surface area contributed by atoms with Crippen LogP contribution in [0.2, 0.25) is 10.0 Å². The van der Waals surface area contributed by atoms with E-state index in [1.165, 1.54) is 24.3 Å². The molecule has 2 atom stereocenters. The maximum atomic E-state index is 14.3. The van der Waals surface area contributed by atoms with Crippen molar-refractivity contribution in [1.29, 1.82) is 0 Å². The third kappa shape index (κ3) is 5.14. The van der Waals surface area contributed by atoms with E-state index in [-0.39, 0.29) is 11.1 Å². The SMILES string of the molecule is COc1ccc(C2CC(C(NS(=O)(=O)c3ccccc3F)c3ccc(Cl)cc3Cl)=NN2)cc1. The molecule has 1 aliphatic rings. The molecule has 3 aromatic carbocycles. The Balaban J connectivity index is 1.67. The summed E-state index contributed by atoms with van der Waals surface area (Å²) in [6, 6.07) is 16.3. The molecule has 0 radical (unpaired) electrons. The van der Waals surface area contributed by atoms with Crippen LogP contribution >= 0.6 is 23.2 Å². The standard InChI is InChI=1S/C23H20Cl2FN3O3S/c1-32-16-9-6-14(7-10-16)20-13-21(28-27-20)23(17-11-8-15(24)12-18(17)25)29-33(30,31)22-5-3-2-4-19(22)26/h2-12,20,23,27,29H,13H2,1H3. The maximum absolute atomic E-state index is 14.3. The number of rotatable bonds is 7. The fourth-order valence-corrected chi connectivity index (χ4v) is 5.40. The highest BCUT2D eigenvalue weighted by atomic mass is 35.5. The summed E-state index contributed by atoms with van der Waals surface area (Å²) >= 11 is 12.4. The summed E-state index contributed by atoms with van der Waals surface area (Å²) in [7, 11) is -2.65. The lowest BCUT2D eigenvalue weighted by molar-refractivity contribution is 0.414. The van der Waals surface area contributed by atoms with Crippen molar-refractivity contribution < 1.29 is 17.5 Å². The second-order valence-corrected chi connectivity index (χ2v) is 9.94. The van der Waals surface area contributed by atoms with Crippen molar-refractivity contribution in [3.8, 4) is 5.75 Å². The lowest BCUT2D eigenvalue weighted by atomic mass is 9.96. The van der Waals surface area contributed by atoms with Gasteiger partial charge in [-0.3, -0.25) is 0 Å². The molecule has 3 aromatic rings. The Labute approximate surface area is 201 Å². The van der Waals surface area contributed by atoms with Gasteiger partial charge in [-0.1, -0.05) is 53.5 Å². The van der Waals surface area contributed by atoms with Crippen LogP contribution in [0.25, 0.3) is 0 Å². The summed E-state index contributed by atoms with van der Waals surface area (Å²) in [6.07, 6.45) is 0.399. The summed E-state index contributed by atoms with van der Waals surface area (Å²) in [5.74, 6) is -0.130. The summed E-state index contributed by atoms with van der Waals surface area (Å²) in [5, 5.41) is 5.07. The van der Waals surface area contributed by atoms with Crippen LogP contribution in [0.15, 0.2) is 76.7 Å². The first-order valence-corrected chi connectivity index (χ1v) is 12.2. The number of benzene rings is 3. The first kappa shape index (κ1) is 23.5. The van der Waals surface area contributed by atoms with Crippen LogP contribution in [-0.4, -0.2) is 21.2 Å². The molecule has 4 rings (SSSR count). The van der Waals surface area contributed by atoms with E-state index < -0.39 is 26.8 Å². The van der Waals surface area contributed by atoms with Crippen molar-refractivity contribution in [3.05, 3.63) is 93.7 Å². The Hall–Kier alpha value is -2.65. The van der Waals surface area contributed by atoms with E-state index in [4.69, 9.17) is 27.9 Å². The minimum absolute atomic E-state index is 0.183. The van der Waals surface area contributed by atoms with Gasteiger partial charge in [0, 0.05) is 16.5 Å². The summed E-state index contributed by atoms with van der Waals surface area (Å²) < 4.78 is 48.2. The first-order valence-electron chi connectivity index (χ1n) is 9.96. The third-order valence-electron chi connectivity index (χ3n) is 5.30. The number of sulfonamides is 1. The molecule has 10 heteroatoms. The second-order valence-electron chi connectivity index (χ2n) is 7.41. The number of nitrogens with one attached hydrogen (secondary N) is 2. The van der Waals surface area contributed by atoms with Crippen LogP contribution in [0.3, 0.4) is 0 Å². The lowest BCUT2D eigenvalue weighted by Gasteiger charge is -2.21. The zero-order chi connectivity index (χ0) is 23.6. The van der Waals surface area contributed by atoms with E-state index >= 15 is 0 Å². The van der Waals surface area contributed by atoms with Crippen molar-refractivity contribution in [1.82, 2.24) is 10.1 Å². The van der Waals surface area contributed by atoms with Gasteiger partial charge >= 0.3 is 0 Å². The number of hydrogen-bond donors (Lipinski definition) is 2. The fraction of sp³-hybridized carbons (Fsp3) is 0.174. The van der Waals surface area contributed by atoms with Gasteiger partial charge in [0.15, 0.2) is 0 Å². The van der Waals surface area contributed by atoms with Gasteiger partial charge in [0.25, 0.3) is 0 Å². The Morgan fingerprint density at radius 1 is 1.12 bits per heavy atom. The van der Waals surface area contributed by atoms with E-state index in [0.29, 0.717) is 22.7 Å². The zero-order valence-corrected chi connectivity index (χ0v) is 19.8. The Kier molecular flexibility index (Phi) is 6.90. The number of hydrogen-bond acceptors (Lipinski definition) is 5. The number of ether oxygens (including phenoxy) is 1. The highest BCUT2D eigenvalue weighted by Gasteiger charge is 2.33. The van der Waals surface area contributed by atoms with Crippen LogP contribution < -0.4 is 14.9 Å². The van der Waals surface area contributed by atoms with Crippen molar-refractivity contribution in [2.45, 2.75) is 23.4 Å². The summed E-state index contributed by atoms with van der Waals surface area (Å²) in [5.41, 5.74) is 4.95. The Bertz CT molecular complexity index is 1300. The normalized spacial score (nSPS) is 16.7. The van der Waals surface area contributed by atoms with Gasteiger partial charge in [0.1, 0.15) is 16.5 Å². The van der Waals surface area contributed by atoms with Crippen molar-refractivity contribution in [2.75, 3.05) is 7.11 Å². The predicted octanol–water partition coefficient (Wildman–Crippen LogP) is 5.25. The van der Waals surface area contributed by atoms with Gasteiger partial charge < -0.3 is 10.2 Å². The van der Waals surface area contributed by atoms with Crippen molar-refractivity contribution >= 4 is 38.9 Å². The minimum atomic E-state index is -4.24. The molecule has 1 aliphatic heterocycles. The van der Waals surface area contributed by atoms with Gasteiger partial charge in [-0.25, -0.2) is 12.8 Å². The van der Waals surface area contributed by atoms with Crippen molar-refractivity contribution in [2.24, 2.45) is 5.10 Å². The van der Waals surface area contributed by atoms with Gasteiger partial charge in [-0.15, -0.1) is 0 Å². The summed E-state index contributed by atoms with van der Waals surface area (Å²) in [6.45, 7) is 0. The Morgan fingerprint density at radius 3 is 2.52 bits per heavy atom. The maximum Gasteiger partial charge on any atom is 0.244 e. The monoisotopic (exact) mass is 507 g/mol. The Morgan fingerprint density at radius 2 is 1.85 bits per heavy atom. The first-order chi connectivity index (χ1) is 15.8. The van der Waals surface area contributed by atoms with E-state index in [1.54, 1.807) is 19.2 Å². The molecule has 0 saturated heterocycles.